The first-order chi connectivity index (χ1) is 14.5. The quantitative estimate of drug-likeness (QED) is 0.704. The topological polar surface area (TPSA) is 63.2 Å². The van der Waals surface area contributed by atoms with Crippen molar-refractivity contribution in [3.05, 3.63) is 53.3 Å². The van der Waals surface area contributed by atoms with E-state index in [4.69, 9.17) is 19.7 Å². The molecule has 30 heavy (non-hydrogen) atoms. The van der Waals surface area contributed by atoms with Gasteiger partial charge >= 0.3 is 0 Å². The third kappa shape index (κ3) is 3.72. The van der Waals surface area contributed by atoms with Crippen molar-refractivity contribution in [2.75, 3.05) is 36.5 Å². The first-order valence-corrected chi connectivity index (χ1v) is 10.8. The Morgan fingerprint density at radius 3 is 2.77 bits per heavy atom. The summed E-state index contributed by atoms with van der Waals surface area (Å²) in [6.07, 6.45) is 4.01. The summed E-state index contributed by atoms with van der Waals surface area (Å²) in [6, 6.07) is 10.6. The molecule has 1 saturated heterocycles. The molecule has 1 N–H and O–H groups in total. The van der Waals surface area contributed by atoms with Gasteiger partial charge in [0.2, 0.25) is 5.95 Å². The molecule has 1 aliphatic heterocycles. The number of nitrogens with one attached hydrogen (secondary N) is 1. The lowest BCUT2D eigenvalue weighted by atomic mass is 9.74. The van der Waals surface area contributed by atoms with E-state index in [1.165, 1.54) is 16.5 Å². The highest BCUT2D eigenvalue weighted by Crippen LogP contribution is 2.41. The summed E-state index contributed by atoms with van der Waals surface area (Å²) in [6.45, 7) is 9.96. The van der Waals surface area contributed by atoms with E-state index in [1.54, 1.807) is 0 Å². The van der Waals surface area contributed by atoms with Crippen LogP contribution in [-0.2, 0) is 11.2 Å². The van der Waals surface area contributed by atoms with Crippen LogP contribution < -0.4 is 10.2 Å². The lowest BCUT2D eigenvalue weighted by Crippen LogP contribution is -2.38. The molecular weight excluding hydrogens is 374 g/mol. The van der Waals surface area contributed by atoms with E-state index >= 15 is 0 Å². The Morgan fingerprint density at radius 2 is 1.93 bits per heavy atom. The molecule has 0 unspecified atom stereocenters. The van der Waals surface area contributed by atoms with Crippen molar-refractivity contribution in [3.8, 4) is 0 Å². The van der Waals surface area contributed by atoms with E-state index in [0.29, 0.717) is 0 Å². The molecule has 1 aliphatic carbocycles. The van der Waals surface area contributed by atoms with Gasteiger partial charge in [-0.3, -0.25) is 0 Å². The van der Waals surface area contributed by atoms with Crippen molar-refractivity contribution in [3.63, 3.8) is 0 Å². The van der Waals surface area contributed by atoms with Crippen LogP contribution in [0, 0.1) is 12.3 Å². The monoisotopic (exact) mass is 403 g/mol. The maximum absolute atomic E-state index is 5.48. The highest BCUT2D eigenvalue weighted by atomic mass is 16.5. The number of nitrogens with zero attached hydrogens (tertiary/aromatic N) is 4. The van der Waals surface area contributed by atoms with Gasteiger partial charge in [0.15, 0.2) is 0 Å². The number of aryl methyl sites for hydroxylation is 1. The fourth-order valence-electron chi connectivity index (χ4n) is 4.68. The van der Waals surface area contributed by atoms with Crippen LogP contribution in [0.25, 0.3) is 10.9 Å². The van der Waals surface area contributed by atoms with E-state index in [1.807, 2.05) is 12.3 Å². The summed E-state index contributed by atoms with van der Waals surface area (Å²) in [5, 5.41) is 4.90. The first kappa shape index (κ1) is 19.2. The first-order valence-electron chi connectivity index (χ1n) is 10.8. The van der Waals surface area contributed by atoms with Gasteiger partial charge in [0.05, 0.1) is 30.5 Å². The second-order valence-corrected chi connectivity index (χ2v) is 9.26. The smallest absolute Gasteiger partial charge is 0.225 e. The fourth-order valence-corrected chi connectivity index (χ4v) is 4.68. The molecule has 3 heterocycles. The minimum atomic E-state index is 0.149. The van der Waals surface area contributed by atoms with E-state index in [0.717, 1.165) is 62.1 Å². The van der Waals surface area contributed by atoms with E-state index in [2.05, 4.69) is 55.3 Å². The lowest BCUT2D eigenvalue weighted by Gasteiger charge is -2.37. The van der Waals surface area contributed by atoms with Gasteiger partial charge in [-0.1, -0.05) is 32.0 Å². The van der Waals surface area contributed by atoms with Crippen LogP contribution in [0.3, 0.4) is 0 Å². The number of rotatable bonds is 3. The van der Waals surface area contributed by atoms with E-state index < -0.39 is 0 Å². The Labute approximate surface area is 177 Å². The molecule has 1 fully saturated rings. The number of ether oxygens (including phenoxy) is 1. The van der Waals surface area contributed by atoms with Crippen molar-refractivity contribution in [2.45, 2.75) is 39.7 Å². The van der Waals surface area contributed by atoms with Crippen molar-refractivity contribution in [2.24, 2.45) is 5.41 Å². The van der Waals surface area contributed by atoms with Crippen LogP contribution in [0.5, 0.6) is 0 Å². The molecule has 1 aromatic carbocycles. The maximum Gasteiger partial charge on any atom is 0.225 e. The zero-order chi connectivity index (χ0) is 20.7. The average Bonchev–Trinajstić information content (AvgIpc) is 2.73. The van der Waals surface area contributed by atoms with Gasteiger partial charge in [0.25, 0.3) is 0 Å². The van der Waals surface area contributed by atoms with Crippen molar-refractivity contribution in [1.29, 1.82) is 0 Å². The molecule has 1 atom stereocenters. The molecule has 6 heteroatoms. The van der Waals surface area contributed by atoms with Crippen LogP contribution in [0.4, 0.5) is 11.8 Å². The molecule has 156 valence electrons. The molecular formula is C24H29N5O. The highest BCUT2D eigenvalue weighted by molar-refractivity contribution is 5.83. The Hall–Kier alpha value is -2.73. The third-order valence-corrected chi connectivity index (χ3v) is 6.20. The number of hydrogen-bond acceptors (Lipinski definition) is 6. The molecule has 2 aliphatic rings. The predicted molar refractivity (Wildman–Crippen MR) is 120 cm³/mol. The van der Waals surface area contributed by atoms with Crippen LogP contribution in [0.2, 0.25) is 0 Å². The summed E-state index contributed by atoms with van der Waals surface area (Å²) in [4.78, 5) is 16.8. The SMILES string of the molecule is Cc1cc(N[C@H]2CC(C)(C)Cc3nc(N4CCOCC4)ncc32)nc2ccccc12. The zero-order valence-corrected chi connectivity index (χ0v) is 18.0. The number of pyridine rings is 1. The van der Waals surface area contributed by atoms with Crippen molar-refractivity contribution >= 4 is 22.7 Å². The van der Waals surface area contributed by atoms with Crippen molar-refractivity contribution < 1.29 is 4.74 Å². The van der Waals surface area contributed by atoms with Gasteiger partial charge in [-0.15, -0.1) is 0 Å². The molecule has 3 aromatic rings. The van der Waals surface area contributed by atoms with Crippen LogP contribution in [0.15, 0.2) is 36.5 Å². The normalized spacial score (nSPS) is 20.8. The number of fused-ring (bicyclic) bond motifs is 2. The van der Waals surface area contributed by atoms with Crippen LogP contribution >= 0.6 is 0 Å². The summed E-state index contributed by atoms with van der Waals surface area (Å²) in [5.74, 6) is 1.74. The number of anilines is 2. The summed E-state index contributed by atoms with van der Waals surface area (Å²) in [5.41, 5.74) is 4.76. The van der Waals surface area contributed by atoms with Gasteiger partial charge in [-0.05, 0) is 42.9 Å². The lowest BCUT2D eigenvalue weighted by molar-refractivity contribution is 0.122. The van der Waals surface area contributed by atoms with E-state index in [9.17, 15) is 0 Å². The number of morpholine rings is 1. The van der Waals surface area contributed by atoms with Crippen LogP contribution in [-0.4, -0.2) is 41.3 Å². The molecule has 0 radical (unpaired) electrons. The Bertz CT molecular complexity index is 1070. The Balaban J connectivity index is 1.47. The largest absolute Gasteiger partial charge is 0.378 e. The van der Waals surface area contributed by atoms with Gasteiger partial charge in [0, 0.05) is 30.2 Å². The highest BCUT2D eigenvalue weighted by Gasteiger charge is 2.34. The molecule has 0 saturated carbocycles. The summed E-state index contributed by atoms with van der Waals surface area (Å²) >= 11 is 0. The number of benzene rings is 1. The predicted octanol–water partition coefficient (Wildman–Crippen LogP) is 4.30. The molecule has 0 amide bonds. The molecule has 0 bridgehead atoms. The molecule has 2 aromatic heterocycles. The number of hydrogen-bond donors (Lipinski definition) is 1. The van der Waals surface area contributed by atoms with Gasteiger partial charge in [0.1, 0.15) is 5.82 Å². The standard InChI is InChI=1S/C24H29N5O/c1-16-12-22(26-19-7-5-4-6-17(16)19)27-20-13-24(2,3)14-21-18(20)15-25-23(28-21)29-8-10-30-11-9-29/h4-7,12,15,20H,8-11,13-14H2,1-3H3,(H,26,27)/t20-/m0/s1. The Morgan fingerprint density at radius 1 is 1.13 bits per heavy atom. The second kappa shape index (κ2) is 7.51. The van der Waals surface area contributed by atoms with E-state index in [-0.39, 0.29) is 11.5 Å². The zero-order valence-electron chi connectivity index (χ0n) is 18.0. The number of para-hydroxylation sites is 1. The van der Waals surface area contributed by atoms with Gasteiger partial charge < -0.3 is 15.0 Å². The Kier molecular flexibility index (Phi) is 4.82. The second-order valence-electron chi connectivity index (χ2n) is 9.26. The van der Waals surface area contributed by atoms with Gasteiger partial charge in [-0.25, -0.2) is 15.0 Å². The molecule has 5 rings (SSSR count). The maximum atomic E-state index is 5.48. The minimum absolute atomic E-state index is 0.149. The van der Waals surface area contributed by atoms with Crippen LogP contribution in [0.1, 0.15) is 43.1 Å². The summed E-state index contributed by atoms with van der Waals surface area (Å²) < 4.78 is 5.48. The minimum Gasteiger partial charge on any atom is -0.378 e. The van der Waals surface area contributed by atoms with Gasteiger partial charge in [-0.2, -0.15) is 0 Å². The fraction of sp³-hybridized carbons (Fsp3) is 0.458. The third-order valence-electron chi connectivity index (χ3n) is 6.20. The summed E-state index contributed by atoms with van der Waals surface area (Å²) in [7, 11) is 0. The average molecular weight is 404 g/mol. The molecule has 0 spiro atoms. The molecule has 6 nitrogen and oxygen atoms in total. The van der Waals surface area contributed by atoms with Crippen molar-refractivity contribution in [1.82, 2.24) is 15.0 Å². The number of aromatic nitrogens is 3.